The molecule has 1 N–H and O–H groups in total. The van der Waals surface area contributed by atoms with Gasteiger partial charge in [-0.15, -0.1) is 0 Å². The third-order valence-electron chi connectivity index (χ3n) is 2.84. The Morgan fingerprint density at radius 3 is 2.77 bits per heavy atom. The van der Waals surface area contributed by atoms with Gasteiger partial charge in [-0.2, -0.15) is 0 Å². The van der Waals surface area contributed by atoms with E-state index in [2.05, 4.69) is 5.32 Å². The molecule has 0 saturated heterocycles. The molecule has 0 aliphatic rings. The minimum atomic E-state index is -0.525. The summed E-state index contributed by atoms with van der Waals surface area (Å²) in [6, 6.07) is 10.8. The molecule has 0 bridgehead atoms. The van der Waals surface area contributed by atoms with Crippen molar-refractivity contribution < 1.29 is 14.5 Å². The summed E-state index contributed by atoms with van der Waals surface area (Å²) in [4.78, 5) is 21.9. The quantitative estimate of drug-likeness (QED) is 0.674. The fraction of sp³-hybridized carbons (Fsp3) is 0.133. The summed E-state index contributed by atoms with van der Waals surface area (Å²) in [5.74, 6) is 0.115. The summed E-state index contributed by atoms with van der Waals surface area (Å²) in [6.07, 6.45) is 0. The number of hydrogen-bond acceptors (Lipinski definition) is 4. The first-order valence-electron chi connectivity index (χ1n) is 6.39. The van der Waals surface area contributed by atoms with Crippen molar-refractivity contribution in [3.05, 3.63) is 63.2 Å². The van der Waals surface area contributed by atoms with Crippen molar-refractivity contribution in [1.82, 2.24) is 0 Å². The Morgan fingerprint density at radius 1 is 1.32 bits per heavy atom. The fourth-order valence-electron chi connectivity index (χ4n) is 1.75. The van der Waals surface area contributed by atoms with E-state index in [-0.39, 0.29) is 12.3 Å². The van der Waals surface area contributed by atoms with Crippen LogP contribution in [0.15, 0.2) is 42.5 Å². The molecule has 2 rings (SSSR count). The van der Waals surface area contributed by atoms with Crippen LogP contribution in [0, 0.1) is 17.0 Å². The van der Waals surface area contributed by atoms with E-state index in [0.29, 0.717) is 16.5 Å². The van der Waals surface area contributed by atoms with Crippen molar-refractivity contribution in [2.45, 2.75) is 6.92 Å². The Kier molecular flexibility index (Phi) is 4.95. The first kappa shape index (κ1) is 15.8. The molecule has 0 aliphatic carbocycles. The van der Waals surface area contributed by atoms with Gasteiger partial charge in [0.2, 0.25) is 0 Å². The molecule has 0 aromatic heterocycles. The average molecular weight is 321 g/mol. The lowest BCUT2D eigenvalue weighted by Crippen LogP contribution is -2.20. The second kappa shape index (κ2) is 6.91. The number of aryl methyl sites for hydroxylation is 1. The predicted octanol–water partition coefficient (Wildman–Crippen LogP) is 3.57. The van der Waals surface area contributed by atoms with Crippen LogP contribution in [0.4, 0.5) is 11.4 Å². The number of amides is 1. The van der Waals surface area contributed by atoms with Crippen LogP contribution in [0.1, 0.15) is 5.56 Å². The number of ether oxygens (including phenoxy) is 1. The molecule has 0 heterocycles. The van der Waals surface area contributed by atoms with Crippen LogP contribution in [0.5, 0.6) is 5.75 Å². The number of nitro groups is 1. The first-order chi connectivity index (χ1) is 10.5. The van der Waals surface area contributed by atoms with Crippen molar-refractivity contribution in [1.29, 1.82) is 0 Å². The van der Waals surface area contributed by atoms with E-state index >= 15 is 0 Å². The first-order valence-corrected chi connectivity index (χ1v) is 6.77. The molecule has 22 heavy (non-hydrogen) atoms. The highest BCUT2D eigenvalue weighted by Gasteiger charge is 2.09. The van der Waals surface area contributed by atoms with Crippen LogP contribution in [0.25, 0.3) is 0 Å². The lowest BCUT2D eigenvalue weighted by molar-refractivity contribution is -0.384. The Morgan fingerprint density at radius 2 is 2.09 bits per heavy atom. The maximum Gasteiger partial charge on any atom is 0.271 e. The largest absolute Gasteiger partial charge is 0.484 e. The summed E-state index contributed by atoms with van der Waals surface area (Å²) >= 11 is 5.90. The van der Waals surface area contributed by atoms with Crippen LogP contribution >= 0.6 is 11.6 Å². The van der Waals surface area contributed by atoms with Crippen LogP contribution in [0.3, 0.4) is 0 Å². The third-order valence-corrected chi connectivity index (χ3v) is 3.26. The maximum absolute atomic E-state index is 11.8. The van der Waals surface area contributed by atoms with Crippen molar-refractivity contribution in [2.24, 2.45) is 0 Å². The number of benzene rings is 2. The van der Waals surface area contributed by atoms with E-state index in [1.165, 1.54) is 18.2 Å². The molecule has 0 radical (unpaired) electrons. The second-order valence-corrected chi connectivity index (χ2v) is 4.96. The van der Waals surface area contributed by atoms with E-state index in [4.69, 9.17) is 16.3 Å². The van der Waals surface area contributed by atoms with Crippen LogP contribution < -0.4 is 10.1 Å². The van der Waals surface area contributed by atoms with E-state index in [1.807, 2.05) is 6.92 Å². The predicted molar refractivity (Wildman–Crippen MR) is 83.4 cm³/mol. The minimum Gasteiger partial charge on any atom is -0.484 e. The highest BCUT2D eigenvalue weighted by Crippen LogP contribution is 2.21. The zero-order chi connectivity index (χ0) is 16.1. The van der Waals surface area contributed by atoms with Gasteiger partial charge in [-0.1, -0.05) is 17.7 Å². The van der Waals surface area contributed by atoms with Crippen LogP contribution in [-0.2, 0) is 4.79 Å². The van der Waals surface area contributed by atoms with Gasteiger partial charge in [0.15, 0.2) is 6.61 Å². The van der Waals surface area contributed by atoms with Gasteiger partial charge < -0.3 is 10.1 Å². The van der Waals surface area contributed by atoms with Gasteiger partial charge in [-0.3, -0.25) is 14.9 Å². The van der Waals surface area contributed by atoms with Gasteiger partial charge in [-0.05, 0) is 36.8 Å². The molecule has 1 amide bonds. The van der Waals surface area contributed by atoms with Gasteiger partial charge in [0.05, 0.1) is 4.92 Å². The topological polar surface area (TPSA) is 81.5 Å². The zero-order valence-electron chi connectivity index (χ0n) is 11.7. The summed E-state index contributed by atoms with van der Waals surface area (Å²) in [7, 11) is 0. The second-order valence-electron chi connectivity index (χ2n) is 4.56. The number of non-ortho nitro benzene ring substituents is 1. The number of rotatable bonds is 5. The highest BCUT2D eigenvalue weighted by molar-refractivity contribution is 6.31. The Hall–Kier alpha value is -2.60. The molecule has 2 aromatic rings. The monoisotopic (exact) mass is 320 g/mol. The summed E-state index contributed by atoms with van der Waals surface area (Å²) in [5, 5.41) is 13.8. The molecule has 0 atom stereocenters. The van der Waals surface area contributed by atoms with E-state index in [1.54, 1.807) is 24.3 Å². The van der Waals surface area contributed by atoms with Crippen molar-refractivity contribution in [3.8, 4) is 5.75 Å². The number of halogens is 1. The lowest BCUT2D eigenvalue weighted by atomic mass is 10.2. The Labute approximate surface area is 131 Å². The summed E-state index contributed by atoms with van der Waals surface area (Å²) in [5.41, 5.74) is 1.10. The lowest BCUT2D eigenvalue weighted by Gasteiger charge is -2.08. The number of anilines is 1. The van der Waals surface area contributed by atoms with E-state index in [0.717, 1.165) is 5.56 Å². The van der Waals surface area contributed by atoms with E-state index in [9.17, 15) is 14.9 Å². The molecule has 0 saturated carbocycles. The summed E-state index contributed by atoms with van der Waals surface area (Å²) < 4.78 is 5.35. The molecule has 7 heteroatoms. The number of carbonyl (C=O) groups excluding carboxylic acids is 1. The molecule has 114 valence electrons. The molecular weight excluding hydrogens is 308 g/mol. The Bertz CT molecular complexity index is 718. The zero-order valence-corrected chi connectivity index (χ0v) is 12.5. The van der Waals surface area contributed by atoms with Gasteiger partial charge in [0.25, 0.3) is 11.6 Å². The molecule has 0 fully saturated rings. The van der Waals surface area contributed by atoms with Crippen LogP contribution in [-0.4, -0.2) is 17.4 Å². The van der Waals surface area contributed by atoms with Crippen molar-refractivity contribution >= 4 is 28.9 Å². The number of nitro benzene ring substituents is 1. The average Bonchev–Trinajstić information content (AvgIpc) is 2.49. The highest BCUT2D eigenvalue weighted by atomic mass is 35.5. The Balaban J connectivity index is 1.94. The van der Waals surface area contributed by atoms with Gasteiger partial charge in [0, 0.05) is 22.8 Å². The SMILES string of the molecule is Cc1cc(OCC(=O)Nc2cccc([N+](=O)[O-])c2)ccc1Cl. The molecule has 2 aromatic carbocycles. The molecular formula is C15H13ClN2O4. The minimum absolute atomic E-state index is 0.0907. The fourth-order valence-corrected chi connectivity index (χ4v) is 1.87. The normalized spacial score (nSPS) is 10.1. The molecule has 0 spiro atoms. The van der Waals surface area contributed by atoms with Gasteiger partial charge in [0.1, 0.15) is 5.75 Å². The van der Waals surface area contributed by atoms with Crippen LogP contribution in [0.2, 0.25) is 5.02 Å². The number of nitrogens with one attached hydrogen (secondary N) is 1. The standard InChI is InChI=1S/C15H13ClN2O4/c1-10-7-13(5-6-14(10)16)22-9-15(19)17-11-3-2-4-12(8-11)18(20)21/h2-8H,9H2,1H3,(H,17,19). The molecule has 0 aliphatic heterocycles. The number of nitrogens with zero attached hydrogens (tertiary/aromatic N) is 1. The number of carbonyl (C=O) groups is 1. The molecule has 6 nitrogen and oxygen atoms in total. The maximum atomic E-state index is 11.8. The smallest absolute Gasteiger partial charge is 0.271 e. The number of hydrogen-bond donors (Lipinski definition) is 1. The van der Waals surface area contributed by atoms with Gasteiger partial charge in [-0.25, -0.2) is 0 Å². The van der Waals surface area contributed by atoms with Gasteiger partial charge >= 0.3 is 0 Å². The van der Waals surface area contributed by atoms with Crippen molar-refractivity contribution in [3.63, 3.8) is 0 Å². The molecule has 0 unspecified atom stereocenters. The summed E-state index contributed by atoms with van der Waals surface area (Å²) in [6.45, 7) is 1.63. The third kappa shape index (κ3) is 4.20. The van der Waals surface area contributed by atoms with Crippen molar-refractivity contribution in [2.75, 3.05) is 11.9 Å². The van der Waals surface area contributed by atoms with E-state index < -0.39 is 10.8 Å².